The molecule has 128 valence electrons. The van der Waals surface area contributed by atoms with E-state index in [0.29, 0.717) is 24.4 Å². The zero-order valence-electron chi connectivity index (χ0n) is 14.1. The van der Waals surface area contributed by atoms with Crippen LogP contribution in [0.15, 0.2) is 24.5 Å². The molecule has 0 bridgehead atoms. The molecule has 0 spiro atoms. The molecule has 0 saturated carbocycles. The largest absolute Gasteiger partial charge is 0.485 e. The minimum Gasteiger partial charge on any atom is -0.485 e. The summed E-state index contributed by atoms with van der Waals surface area (Å²) in [4.78, 5) is 25.2. The Labute approximate surface area is 140 Å². The van der Waals surface area contributed by atoms with Crippen molar-refractivity contribution in [1.82, 2.24) is 14.5 Å². The van der Waals surface area contributed by atoms with Gasteiger partial charge >= 0.3 is 6.09 Å². The molecular formula is C17H21N3O4. The monoisotopic (exact) mass is 331 g/mol. The molecule has 7 heteroatoms. The lowest BCUT2D eigenvalue weighted by atomic mass is 9.98. The van der Waals surface area contributed by atoms with Gasteiger partial charge in [0.15, 0.2) is 5.78 Å². The van der Waals surface area contributed by atoms with Gasteiger partial charge in [-0.25, -0.2) is 9.31 Å². The van der Waals surface area contributed by atoms with E-state index in [2.05, 4.69) is 9.84 Å². The Hall–Kier alpha value is -2.57. The molecule has 2 aromatic rings. The van der Waals surface area contributed by atoms with Crippen LogP contribution in [0.5, 0.6) is 5.75 Å². The summed E-state index contributed by atoms with van der Waals surface area (Å²) in [5, 5.41) is 4.26. The van der Waals surface area contributed by atoms with Crippen molar-refractivity contribution in [3.05, 3.63) is 30.1 Å². The van der Waals surface area contributed by atoms with E-state index in [1.54, 1.807) is 21.8 Å². The second-order valence-corrected chi connectivity index (χ2v) is 6.04. The Morgan fingerprint density at radius 2 is 2.12 bits per heavy atom. The normalized spacial score (nSPS) is 15.9. The number of likely N-dealkylation sites (tertiary alicyclic amines) is 1. The number of Topliss-reactive ketones (excluding diaryl/α,β-unsaturated/α-hetero) is 1. The number of rotatable bonds is 5. The van der Waals surface area contributed by atoms with Gasteiger partial charge in [-0.05, 0) is 18.6 Å². The lowest BCUT2D eigenvalue weighted by Gasteiger charge is -2.37. The molecular weight excluding hydrogens is 310 g/mol. The number of ether oxygens (including phenoxy) is 2. The van der Waals surface area contributed by atoms with E-state index in [9.17, 15) is 9.59 Å². The summed E-state index contributed by atoms with van der Waals surface area (Å²) in [7, 11) is 1.36. The molecule has 24 heavy (non-hydrogen) atoms. The molecule has 1 amide bonds. The molecule has 1 saturated heterocycles. The van der Waals surface area contributed by atoms with Crippen LogP contribution in [0.25, 0.3) is 5.52 Å². The third-order valence-electron chi connectivity index (χ3n) is 4.40. The first-order chi connectivity index (χ1) is 11.5. The fourth-order valence-corrected chi connectivity index (χ4v) is 2.66. The van der Waals surface area contributed by atoms with Crippen LogP contribution in [0.4, 0.5) is 4.79 Å². The minimum absolute atomic E-state index is 0.0202. The molecule has 1 aliphatic rings. The molecule has 2 aromatic heterocycles. The quantitative estimate of drug-likeness (QED) is 0.787. The number of amides is 1. The number of carbonyl (C=O) groups excluding carboxylic acids is 2. The predicted molar refractivity (Wildman–Crippen MR) is 87.4 cm³/mol. The first kappa shape index (κ1) is 16.3. The third-order valence-corrected chi connectivity index (χ3v) is 4.40. The predicted octanol–water partition coefficient (Wildman–Crippen LogP) is 2.39. The molecule has 1 fully saturated rings. The lowest BCUT2D eigenvalue weighted by molar-refractivity contribution is 0.0180. The van der Waals surface area contributed by atoms with Crippen LogP contribution in [-0.2, 0) is 4.74 Å². The van der Waals surface area contributed by atoms with Crippen molar-refractivity contribution in [2.45, 2.75) is 26.4 Å². The Bertz CT molecular complexity index is 764. The van der Waals surface area contributed by atoms with E-state index in [1.807, 2.05) is 26.0 Å². The SMILES string of the molecule is CCC(C)C(=O)c1cnn2cc(OC3CN(C(=O)OC)C3)ccc12. The summed E-state index contributed by atoms with van der Waals surface area (Å²) in [5.41, 5.74) is 1.41. The van der Waals surface area contributed by atoms with Crippen LogP contribution in [0, 0.1) is 5.92 Å². The molecule has 0 radical (unpaired) electrons. The number of aromatic nitrogens is 2. The number of hydrogen-bond acceptors (Lipinski definition) is 5. The zero-order valence-corrected chi connectivity index (χ0v) is 14.1. The van der Waals surface area contributed by atoms with Crippen LogP contribution in [0.3, 0.4) is 0 Å². The van der Waals surface area contributed by atoms with E-state index in [4.69, 9.17) is 4.74 Å². The summed E-state index contributed by atoms with van der Waals surface area (Å²) in [5.74, 6) is 0.741. The molecule has 0 N–H and O–H groups in total. The molecule has 0 aromatic carbocycles. The van der Waals surface area contributed by atoms with Gasteiger partial charge in [-0.15, -0.1) is 0 Å². The highest BCUT2D eigenvalue weighted by molar-refractivity contribution is 6.03. The maximum atomic E-state index is 12.4. The number of fused-ring (bicyclic) bond motifs is 1. The van der Waals surface area contributed by atoms with Gasteiger partial charge in [-0.2, -0.15) is 5.10 Å². The molecule has 0 aliphatic carbocycles. The van der Waals surface area contributed by atoms with Crippen LogP contribution >= 0.6 is 0 Å². The fraction of sp³-hybridized carbons (Fsp3) is 0.471. The summed E-state index contributed by atoms with van der Waals surface area (Å²) >= 11 is 0. The Kier molecular flexibility index (Phi) is 4.42. The number of pyridine rings is 1. The van der Waals surface area contributed by atoms with Crippen molar-refractivity contribution < 1.29 is 19.1 Å². The highest BCUT2D eigenvalue weighted by Crippen LogP contribution is 2.22. The van der Waals surface area contributed by atoms with Crippen molar-refractivity contribution in [2.75, 3.05) is 20.2 Å². The Balaban J connectivity index is 1.70. The van der Waals surface area contributed by atoms with Gasteiger partial charge in [-0.1, -0.05) is 13.8 Å². The molecule has 1 atom stereocenters. The topological polar surface area (TPSA) is 73.1 Å². The van der Waals surface area contributed by atoms with Gasteiger partial charge in [-0.3, -0.25) is 4.79 Å². The fourth-order valence-electron chi connectivity index (χ4n) is 2.66. The highest BCUT2D eigenvalue weighted by Gasteiger charge is 2.33. The number of nitrogens with zero attached hydrogens (tertiary/aromatic N) is 3. The smallest absolute Gasteiger partial charge is 0.409 e. The van der Waals surface area contributed by atoms with Crippen LogP contribution in [0.2, 0.25) is 0 Å². The number of carbonyl (C=O) groups is 2. The maximum absolute atomic E-state index is 12.4. The lowest BCUT2D eigenvalue weighted by Crippen LogP contribution is -2.56. The Morgan fingerprint density at radius 3 is 2.79 bits per heavy atom. The number of methoxy groups -OCH3 is 1. The van der Waals surface area contributed by atoms with E-state index < -0.39 is 0 Å². The standard InChI is InChI=1S/C17H21N3O4/c1-4-11(2)16(21)14-7-18-20-10-12(5-6-15(14)20)24-13-8-19(9-13)17(22)23-3/h5-7,10-11,13H,4,8-9H2,1-3H3. The second kappa shape index (κ2) is 6.51. The summed E-state index contributed by atoms with van der Waals surface area (Å²) in [6.07, 6.45) is 3.76. The van der Waals surface area contributed by atoms with Gasteiger partial charge in [0.05, 0.1) is 43.7 Å². The van der Waals surface area contributed by atoms with Crippen LogP contribution < -0.4 is 4.74 Å². The Morgan fingerprint density at radius 1 is 1.38 bits per heavy atom. The van der Waals surface area contributed by atoms with E-state index in [0.717, 1.165) is 11.9 Å². The number of hydrogen-bond donors (Lipinski definition) is 0. The first-order valence-electron chi connectivity index (χ1n) is 8.04. The maximum Gasteiger partial charge on any atom is 0.409 e. The highest BCUT2D eigenvalue weighted by atomic mass is 16.5. The third kappa shape index (κ3) is 2.93. The summed E-state index contributed by atoms with van der Waals surface area (Å²) in [6, 6.07) is 3.67. The van der Waals surface area contributed by atoms with Gasteiger partial charge in [0, 0.05) is 5.92 Å². The van der Waals surface area contributed by atoms with Crippen molar-refractivity contribution in [3.8, 4) is 5.75 Å². The van der Waals surface area contributed by atoms with Gasteiger partial charge < -0.3 is 14.4 Å². The van der Waals surface area contributed by atoms with Crippen molar-refractivity contribution in [1.29, 1.82) is 0 Å². The average Bonchev–Trinajstić information content (AvgIpc) is 2.98. The van der Waals surface area contributed by atoms with E-state index >= 15 is 0 Å². The van der Waals surface area contributed by atoms with Gasteiger partial charge in [0.25, 0.3) is 0 Å². The number of ketones is 1. The molecule has 1 unspecified atom stereocenters. The molecule has 7 nitrogen and oxygen atoms in total. The average molecular weight is 331 g/mol. The first-order valence-corrected chi connectivity index (χ1v) is 8.04. The van der Waals surface area contributed by atoms with Crippen LogP contribution in [-0.4, -0.2) is 52.7 Å². The van der Waals surface area contributed by atoms with Crippen molar-refractivity contribution in [3.63, 3.8) is 0 Å². The minimum atomic E-state index is -0.342. The van der Waals surface area contributed by atoms with Crippen molar-refractivity contribution in [2.24, 2.45) is 5.92 Å². The molecule has 1 aliphatic heterocycles. The summed E-state index contributed by atoms with van der Waals surface area (Å²) in [6.45, 7) is 4.92. The second-order valence-electron chi connectivity index (χ2n) is 6.04. The zero-order chi connectivity index (χ0) is 17.3. The van der Waals surface area contributed by atoms with Crippen LogP contribution in [0.1, 0.15) is 30.6 Å². The molecule has 3 heterocycles. The van der Waals surface area contributed by atoms with Gasteiger partial charge in [0.2, 0.25) is 0 Å². The summed E-state index contributed by atoms with van der Waals surface area (Å²) < 4.78 is 12.1. The molecule has 3 rings (SSSR count). The van der Waals surface area contributed by atoms with Crippen molar-refractivity contribution >= 4 is 17.4 Å². The van der Waals surface area contributed by atoms with E-state index in [1.165, 1.54) is 7.11 Å². The van der Waals surface area contributed by atoms with Gasteiger partial charge in [0.1, 0.15) is 11.9 Å². The van der Waals surface area contributed by atoms with E-state index in [-0.39, 0.29) is 23.9 Å².